The van der Waals surface area contributed by atoms with Crippen LogP contribution in [0.25, 0.3) is 0 Å². The van der Waals surface area contributed by atoms with Crippen molar-refractivity contribution in [3.05, 3.63) is 12.2 Å². The van der Waals surface area contributed by atoms with E-state index in [4.69, 9.17) is 4.74 Å². The smallest absolute Gasteiger partial charge is 0.333 e. The van der Waals surface area contributed by atoms with Gasteiger partial charge in [0.25, 0.3) is 0 Å². The van der Waals surface area contributed by atoms with Crippen LogP contribution in [-0.4, -0.2) is 12.1 Å². The fourth-order valence-electron chi connectivity index (χ4n) is 3.35. The van der Waals surface area contributed by atoms with Crippen LogP contribution in [0, 0.1) is 0 Å². The molecule has 0 aliphatic carbocycles. The van der Waals surface area contributed by atoms with E-state index in [9.17, 15) is 4.79 Å². The SMILES string of the molecule is C=C(C)C(=O)OC(CCCCCCCC)CCCCCCCCCCC. The van der Waals surface area contributed by atoms with Gasteiger partial charge < -0.3 is 4.74 Å². The molecule has 0 aromatic carbocycles. The minimum Gasteiger partial charge on any atom is -0.459 e. The highest BCUT2D eigenvalue weighted by molar-refractivity contribution is 5.87. The van der Waals surface area contributed by atoms with Crippen molar-refractivity contribution in [2.45, 2.75) is 136 Å². The summed E-state index contributed by atoms with van der Waals surface area (Å²) in [5.74, 6) is -0.211. The average Bonchev–Trinajstić information content (AvgIpc) is 2.62. The highest BCUT2D eigenvalue weighted by Crippen LogP contribution is 2.18. The summed E-state index contributed by atoms with van der Waals surface area (Å²) in [7, 11) is 0. The number of carbonyl (C=O) groups is 1. The summed E-state index contributed by atoms with van der Waals surface area (Å²) in [6.45, 7) is 9.97. The molecule has 0 saturated heterocycles. The number of hydrogen-bond donors (Lipinski definition) is 0. The maximum Gasteiger partial charge on any atom is 0.333 e. The Morgan fingerprint density at radius 2 is 1.04 bits per heavy atom. The minimum absolute atomic E-state index is 0.0925. The molecule has 0 aromatic heterocycles. The molecule has 0 amide bonds. The van der Waals surface area contributed by atoms with E-state index in [0.717, 1.165) is 12.8 Å². The molecule has 0 bridgehead atoms. The van der Waals surface area contributed by atoms with Gasteiger partial charge in [0.15, 0.2) is 0 Å². The second-order valence-electron chi connectivity index (χ2n) is 7.98. The Labute approximate surface area is 164 Å². The molecule has 2 nitrogen and oxygen atoms in total. The van der Waals surface area contributed by atoms with Gasteiger partial charge in [-0.3, -0.25) is 0 Å². The number of esters is 1. The Kier molecular flexibility index (Phi) is 18.4. The third-order valence-corrected chi connectivity index (χ3v) is 5.13. The van der Waals surface area contributed by atoms with Gasteiger partial charge in [-0.2, -0.15) is 0 Å². The third kappa shape index (κ3) is 16.7. The predicted octanol–water partition coefficient (Wildman–Crippen LogP) is 8.15. The normalized spacial score (nSPS) is 12.1. The van der Waals surface area contributed by atoms with Crippen LogP contribution >= 0.6 is 0 Å². The molecule has 2 heteroatoms. The van der Waals surface area contributed by atoms with Gasteiger partial charge in [-0.1, -0.05) is 104 Å². The van der Waals surface area contributed by atoms with Crippen molar-refractivity contribution in [1.29, 1.82) is 0 Å². The van der Waals surface area contributed by atoms with Gasteiger partial charge in [0.1, 0.15) is 6.10 Å². The van der Waals surface area contributed by atoms with Crippen molar-refractivity contribution in [1.82, 2.24) is 0 Å². The molecule has 154 valence electrons. The first-order chi connectivity index (χ1) is 12.6. The van der Waals surface area contributed by atoms with Gasteiger partial charge in [-0.05, 0) is 32.6 Å². The monoisotopic (exact) mass is 366 g/mol. The van der Waals surface area contributed by atoms with Crippen LogP contribution < -0.4 is 0 Å². The summed E-state index contributed by atoms with van der Waals surface area (Å²) in [4.78, 5) is 11.9. The molecule has 0 spiro atoms. The summed E-state index contributed by atoms with van der Waals surface area (Å²) in [5, 5.41) is 0. The number of ether oxygens (including phenoxy) is 1. The van der Waals surface area contributed by atoms with E-state index in [0.29, 0.717) is 5.57 Å². The van der Waals surface area contributed by atoms with Gasteiger partial charge in [0, 0.05) is 5.57 Å². The standard InChI is InChI=1S/C24H46O2/c1-5-7-9-11-13-14-15-17-19-21-23(26-24(25)22(3)4)20-18-16-12-10-8-6-2/h23H,3,5-21H2,1-2,4H3. The van der Waals surface area contributed by atoms with Gasteiger partial charge >= 0.3 is 5.97 Å². The van der Waals surface area contributed by atoms with E-state index in [1.807, 2.05) is 0 Å². The maximum absolute atomic E-state index is 11.9. The van der Waals surface area contributed by atoms with Crippen LogP contribution in [0.15, 0.2) is 12.2 Å². The van der Waals surface area contributed by atoms with E-state index in [1.54, 1.807) is 6.92 Å². The lowest BCUT2D eigenvalue weighted by Crippen LogP contribution is -2.18. The number of unbranched alkanes of at least 4 members (excludes halogenated alkanes) is 13. The third-order valence-electron chi connectivity index (χ3n) is 5.13. The van der Waals surface area contributed by atoms with Crippen LogP contribution in [0.4, 0.5) is 0 Å². The van der Waals surface area contributed by atoms with E-state index in [-0.39, 0.29) is 12.1 Å². The van der Waals surface area contributed by atoms with Crippen LogP contribution in [0.2, 0.25) is 0 Å². The maximum atomic E-state index is 11.9. The lowest BCUT2D eigenvalue weighted by Gasteiger charge is -2.18. The molecular formula is C24H46O2. The molecule has 1 atom stereocenters. The largest absolute Gasteiger partial charge is 0.459 e. The van der Waals surface area contributed by atoms with Crippen LogP contribution in [0.5, 0.6) is 0 Å². The molecule has 26 heavy (non-hydrogen) atoms. The predicted molar refractivity (Wildman–Crippen MR) is 115 cm³/mol. The first-order valence-corrected chi connectivity index (χ1v) is 11.5. The highest BCUT2D eigenvalue weighted by Gasteiger charge is 2.14. The molecular weight excluding hydrogens is 320 g/mol. The molecule has 0 rings (SSSR count). The Balaban J connectivity index is 3.86. The van der Waals surface area contributed by atoms with Crippen molar-refractivity contribution in [2.75, 3.05) is 0 Å². The first-order valence-electron chi connectivity index (χ1n) is 11.5. The summed E-state index contributed by atoms with van der Waals surface area (Å²) in [5.41, 5.74) is 0.519. The quantitative estimate of drug-likeness (QED) is 0.131. The van der Waals surface area contributed by atoms with Gasteiger partial charge in [-0.25, -0.2) is 4.79 Å². The van der Waals surface area contributed by atoms with Crippen LogP contribution in [-0.2, 0) is 9.53 Å². The van der Waals surface area contributed by atoms with Gasteiger partial charge in [0.2, 0.25) is 0 Å². The topological polar surface area (TPSA) is 26.3 Å². The van der Waals surface area contributed by atoms with E-state index < -0.39 is 0 Å². The lowest BCUT2D eigenvalue weighted by molar-refractivity contribution is -0.145. The van der Waals surface area contributed by atoms with E-state index in [2.05, 4.69) is 20.4 Å². The summed E-state index contributed by atoms with van der Waals surface area (Å²) < 4.78 is 5.67. The molecule has 0 heterocycles. The zero-order chi connectivity index (χ0) is 19.5. The van der Waals surface area contributed by atoms with Crippen molar-refractivity contribution < 1.29 is 9.53 Å². The minimum atomic E-state index is -0.211. The number of rotatable bonds is 19. The Morgan fingerprint density at radius 1 is 0.692 bits per heavy atom. The van der Waals surface area contributed by atoms with Crippen LogP contribution in [0.3, 0.4) is 0 Å². The Hall–Kier alpha value is -0.790. The average molecular weight is 367 g/mol. The molecule has 1 unspecified atom stereocenters. The van der Waals surface area contributed by atoms with E-state index >= 15 is 0 Å². The van der Waals surface area contributed by atoms with Crippen molar-refractivity contribution >= 4 is 5.97 Å². The highest BCUT2D eigenvalue weighted by atomic mass is 16.5. The first kappa shape index (κ1) is 25.2. The van der Waals surface area contributed by atoms with Crippen molar-refractivity contribution in [3.8, 4) is 0 Å². The molecule has 0 aliphatic heterocycles. The molecule has 0 aliphatic rings. The summed E-state index contributed by atoms with van der Waals surface area (Å²) >= 11 is 0. The second-order valence-corrected chi connectivity index (χ2v) is 7.98. The van der Waals surface area contributed by atoms with Crippen molar-refractivity contribution in [3.63, 3.8) is 0 Å². The molecule has 0 N–H and O–H groups in total. The van der Waals surface area contributed by atoms with E-state index in [1.165, 1.54) is 96.3 Å². The molecule has 0 aromatic rings. The zero-order valence-corrected chi connectivity index (χ0v) is 18.1. The zero-order valence-electron chi connectivity index (χ0n) is 18.1. The molecule has 0 fully saturated rings. The van der Waals surface area contributed by atoms with Gasteiger partial charge in [-0.15, -0.1) is 0 Å². The molecule has 0 radical (unpaired) electrons. The Bertz CT molecular complexity index is 335. The Morgan fingerprint density at radius 3 is 1.38 bits per heavy atom. The lowest BCUT2D eigenvalue weighted by atomic mass is 10.0. The second kappa shape index (κ2) is 19.0. The fraction of sp³-hybridized carbons (Fsp3) is 0.875. The summed E-state index contributed by atoms with van der Waals surface area (Å²) in [6, 6.07) is 0. The number of carbonyl (C=O) groups excluding carboxylic acids is 1. The summed E-state index contributed by atoms with van der Waals surface area (Å²) in [6.07, 6.45) is 21.9. The fourth-order valence-corrected chi connectivity index (χ4v) is 3.35. The molecule has 0 saturated carbocycles. The van der Waals surface area contributed by atoms with Crippen LogP contribution in [0.1, 0.15) is 130 Å². The van der Waals surface area contributed by atoms with Gasteiger partial charge in [0.05, 0.1) is 0 Å². The number of hydrogen-bond acceptors (Lipinski definition) is 2. The van der Waals surface area contributed by atoms with Crippen molar-refractivity contribution in [2.24, 2.45) is 0 Å².